The molecule has 0 atom stereocenters. The van der Waals surface area contributed by atoms with Crippen molar-refractivity contribution < 1.29 is 19.3 Å². The number of nitro benzene ring substituents is 2. The Morgan fingerprint density at radius 3 is 1.29 bits per heavy atom. The number of para-hydroxylation sites is 2. The lowest BCUT2D eigenvalue weighted by Gasteiger charge is -2.20. The van der Waals surface area contributed by atoms with E-state index in [4.69, 9.17) is 9.47 Å². The van der Waals surface area contributed by atoms with Crippen molar-refractivity contribution >= 4 is 11.4 Å². The zero-order valence-electron chi connectivity index (χ0n) is 18.2. The molecule has 0 bridgehead atoms. The predicted molar refractivity (Wildman–Crippen MR) is 127 cm³/mol. The van der Waals surface area contributed by atoms with Gasteiger partial charge in [0.2, 0.25) is 0 Å². The third-order valence-corrected chi connectivity index (χ3v) is 5.32. The van der Waals surface area contributed by atoms with Crippen LogP contribution in [-0.2, 0) is 0 Å². The first-order valence-corrected chi connectivity index (χ1v) is 10.4. The van der Waals surface area contributed by atoms with E-state index in [0.717, 1.165) is 11.1 Å². The molecule has 0 saturated carbocycles. The average Bonchev–Trinajstić information content (AvgIpc) is 2.85. The molecule has 8 heteroatoms. The van der Waals surface area contributed by atoms with Gasteiger partial charge in [0.15, 0.2) is 0 Å². The Kier molecular flexibility index (Phi) is 6.49. The Bertz CT molecular complexity index is 1220. The third kappa shape index (κ3) is 5.02. The van der Waals surface area contributed by atoms with Gasteiger partial charge in [-0.2, -0.15) is 0 Å². The summed E-state index contributed by atoms with van der Waals surface area (Å²) in [4.78, 5) is 20.9. The molecule has 0 unspecified atom stereocenters. The van der Waals surface area contributed by atoms with E-state index < -0.39 is 9.85 Å². The third-order valence-electron chi connectivity index (χ3n) is 5.32. The van der Waals surface area contributed by atoms with Crippen LogP contribution in [0.25, 0.3) is 0 Å². The van der Waals surface area contributed by atoms with Crippen molar-refractivity contribution in [1.82, 2.24) is 0 Å². The molecule has 0 aliphatic heterocycles. The molecule has 34 heavy (non-hydrogen) atoms. The fourth-order valence-corrected chi connectivity index (χ4v) is 3.56. The molecule has 0 aliphatic carbocycles. The number of nitro groups is 2. The molecule has 0 saturated heterocycles. The van der Waals surface area contributed by atoms with Gasteiger partial charge >= 0.3 is 0 Å². The van der Waals surface area contributed by atoms with Gasteiger partial charge in [-0.1, -0.05) is 43.3 Å². The number of hydrogen-bond donors (Lipinski definition) is 0. The summed E-state index contributed by atoms with van der Waals surface area (Å²) in [6, 6.07) is 27.0. The van der Waals surface area contributed by atoms with Crippen LogP contribution < -0.4 is 9.47 Å². The normalized spacial score (nSPS) is 10.6. The second-order valence-electron chi connectivity index (χ2n) is 7.50. The minimum Gasteiger partial charge on any atom is -0.457 e. The van der Waals surface area contributed by atoms with Crippen molar-refractivity contribution in [2.24, 2.45) is 0 Å². The van der Waals surface area contributed by atoms with Crippen molar-refractivity contribution in [2.45, 2.75) is 12.8 Å². The summed E-state index contributed by atoms with van der Waals surface area (Å²) in [5.74, 6) is 2.09. The second-order valence-corrected chi connectivity index (χ2v) is 7.50. The molecule has 0 aliphatic rings. The van der Waals surface area contributed by atoms with Gasteiger partial charge in [0.05, 0.1) is 9.85 Å². The molecule has 0 spiro atoms. The number of ether oxygens (including phenoxy) is 2. The van der Waals surface area contributed by atoms with E-state index in [0.29, 0.717) is 23.0 Å². The Balaban J connectivity index is 1.61. The summed E-state index contributed by atoms with van der Waals surface area (Å²) in [6.45, 7) is 2.02. The average molecular weight is 456 g/mol. The highest BCUT2D eigenvalue weighted by atomic mass is 16.6. The van der Waals surface area contributed by atoms with Crippen molar-refractivity contribution in [2.75, 3.05) is 0 Å². The highest BCUT2D eigenvalue weighted by Crippen LogP contribution is 2.39. The zero-order valence-corrected chi connectivity index (χ0v) is 18.2. The predicted octanol–water partition coefficient (Wildman–Crippen LogP) is 7.24. The van der Waals surface area contributed by atoms with Crippen molar-refractivity contribution in [1.29, 1.82) is 0 Å². The lowest BCUT2D eigenvalue weighted by molar-refractivity contribution is -0.385. The van der Waals surface area contributed by atoms with Crippen molar-refractivity contribution in [3.8, 4) is 23.0 Å². The second kappa shape index (κ2) is 9.83. The monoisotopic (exact) mass is 456 g/mol. The molecule has 0 amide bonds. The molecular weight excluding hydrogens is 436 g/mol. The molecule has 0 aromatic heterocycles. The first-order chi connectivity index (χ1) is 16.4. The van der Waals surface area contributed by atoms with E-state index >= 15 is 0 Å². The minimum atomic E-state index is -0.457. The number of benzene rings is 4. The number of hydrogen-bond acceptors (Lipinski definition) is 6. The molecule has 0 N–H and O–H groups in total. The van der Waals surface area contributed by atoms with Crippen LogP contribution in [0.3, 0.4) is 0 Å². The smallest absolute Gasteiger partial charge is 0.269 e. The largest absolute Gasteiger partial charge is 0.457 e. The lowest BCUT2D eigenvalue weighted by Crippen LogP contribution is -2.01. The molecule has 0 heterocycles. The van der Waals surface area contributed by atoms with Crippen LogP contribution in [0.2, 0.25) is 0 Å². The lowest BCUT2D eigenvalue weighted by atomic mass is 9.91. The van der Waals surface area contributed by atoms with Gasteiger partial charge in [-0.25, -0.2) is 0 Å². The topological polar surface area (TPSA) is 105 Å². The fourth-order valence-electron chi connectivity index (χ4n) is 3.56. The molecule has 4 aromatic rings. The Morgan fingerprint density at radius 2 is 0.941 bits per heavy atom. The van der Waals surface area contributed by atoms with Gasteiger partial charge in [0.25, 0.3) is 11.4 Å². The molecular formula is C26H20N2O6. The summed E-state index contributed by atoms with van der Waals surface area (Å²) < 4.78 is 12.1. The van der Waals surface area contributed by atoms with Gasteiger partial charge in [0.1, 0.15) is 23.0 Å². The van der Waals surface area contributed by atoms with Crippen LogP contribution in [-0.4, -0.2) is 9.85 Å². The van der Waals surface area contributed by atoms with Gasteiger partial charge < -0.3 is 9.47 Å². The van der Waals surface area contributed by atoms with E-state index in [2.05, 4.69) is 0 Å². The zero-order chi connectivity index (χ0) is 24.1. The van der Waals surface area contributed by atoms with Crippen LogP contribution in [0.1, 0.15) is 24.0 Å². The fraction of sp³-hybridized carbons (Fsp3) is 0.0769. The van der Waals surface area contributed by atoms with Crippen LogP contribution in [0.4, 0.5) is 11.4 Å². The van der Waals surface area contributed by atoms with Crippen LogP contribution in [0.5, 0.6) is 23.0 Å². The van der Waals surface area contributed by atoms with Crippen molar-refractivity contribution in [3.63, 3.8) is 0 Å². The Morgan fingerprint density at radius 1 is 0.588 bits per heavy atom. The molecule has 170 valence electrons. The van der Waals surface area contributed by atoms with Crippen LogP contribution in [0, 0.1) is 20.2 Å². The summed E-state index contributed by atoms with van der Waals surface area (Å²) in [7, 11) is 0. The van der Waals surface area contributed by atoms with Gasteiger partial charge in [-0.3, -0.25) is 20.2 Å². The van der Waals surface area contributed by atoms with Crippen molar-refractivity contribution in [3.05, 3.63) is 128 Å². The molecule has 0 fully saturated rings. The summed E-state index contributed by atoms with van der Waals surface area (Å²) in [5.41, 5.74) is 1.79. The summed E-state index contributed by atoms with van der Waals surface area (Å²) in [5, 5.41) is 21.8. The summed E-state index contributed by atoms with van der Waals surface area (Å²) in [6.07, 6.45) is 0. The molecule has 0 radical (unpaired) electrons. The van der Waals surface area contributed by atoms with E-state index in [9.17, 15) is 20.2 Å². The maximum atomic E-state index is 10.9. The number of rotatable bonds is 8. The molecule has 4 aromatic carbocycles. The van der Waals surface area contributed by atoms with Crippen LogP contribution in [0.15, 0.2) is 97.1 Å². The highest BCUT2D eigenvalue weighted by Gasteiger charge is 2.19. The molecule has 4 rings (SSSR count). The van der Waals surface area contributed by atoms with Gasteiger partial charge in [0, 0.05) is 41.3 Å². The standard InChI is InChI=1S/C26H20N2O6/c1-18(23-6-2-4-8-25(23)33-21-14-10-19(11-15-21)27(29)30)24-7-3-5-9-26(24)34-22-16-12-20(13-17-22)28(31)32/h2-18H,1H3. The van der Waals surface area contributed by atoms with Crippen LogP contribution >= 0.6 is 0 Å². The maximum Gasteiger partial charge on any atom is 0.269 e. The minimum absolute atomic E-state index is 0.00803. The SMILES string of the molecule is CC(c1ccccc1Oc1ccc([N+](=O)[O-])cc1)c1ccccc1Oc1ccc([N+](=O)[O-])cc1. The van der Waals surface area contributed by atoms with Gasteiger partial charge in [-0.05, 0) is 36.4 Å². The first-order valence-electron chi connectivity index (χ1n) is 10.4. The number of nitrogens with zero attached hydrogens (tertiary/aromatic N) is 2. The first kappa shape index (κ1) is 22.5. The van der Waals surface area contributed by atoms with E-state index in [-0.39, 0.29) is 17.3 Å². The molecule has 8 nitrogen and oxygen atoms in total. The summed E-state index contributed by atoms with van der Waals surface area (Å²) >= 11 is 0. The highest BCUT2D eigenvalue weighted by molar-refractivity contribution is 5.49. The quantitative estimate of drug-likeness (QED) is 0.204. The van der Waals surface area contributed by atoms with E-state index in [1.165, 1.54) is 24.3 Å². The van der Waals surface area contributed by atoms with Gasteiger partial charge in [-0.15, -0.1) is 0 Å². The van der Waals surface area contributed by atoms with E-state index in [1.54, 1.807) is 24.3 Å². The Labute approximate surface area is 195 Å². The number of non-ortho nitro benzene ring substituents is 2. The van der Waals surface area contributed by atoms with E-state index in [1.807, 2.05) is 55.5 Å². The Hall–Kier alpha value is -4.72. The maximum absolute atomic E-state index is 10.9.